The number of aromatic nitrogens is 2. The molecule has 0 radical (unpaired) electrons. The number of anilines is 2. The topological polar surface area (TPSA) is 58.1 Å². The maximum absolute atomic E-state index is 13.0. The molecule has 146 valence electrons. The number of benzene rings is 1. The van der Waals surface area contributed by atoms with Crippen LogP contribution in [0.5, 0.6) is 0 Å². The van der Waals surface area contributed by atoms with Gasteiger partial charge in [0.05, 0.1) is 16.5 Å². The molecule has 5 nitrogen and oxygen atoms in total. The van der Waals surface area contributed by atoms with Crippen LogP contribution in [0.3, 0.4) is 0 Å². The van der Waals surface area contributed by atoms with Crippen molar-refractivity contribution in [3.63, 3.8) is 0 Å². The third-order valence-electron chi connectivity index (χ3n) is 4.75. The lowest BCUT2D eigenvalue weighted by Gasteiger charge is -2.17. The molecule has 2 aromatic heterocycles. The molecule has 0 atom stereocenters. The van der Waals surface area contributed by atoms with Gasteiger partial charge in [-0.2, -0.15) is 13.2 Å². The van der Waals surface area contributed by atoms with Crippen molar-refractivity contribution in [2.45, 2.75) is 25.9 Å². The van der Waals surface area contributed by atoms with E-state index in [0.29, 0.717) is 16.6 Å². The first-order valence-electron chi connectivity index (χ1n) is 8.82. The Labute approximate surface area is 163 Å². The summed E-state index contributed by atoms with van der Waals surface area (Å²) in [4.78, 5) is 25.3. The van der Waals surface area contributed by atoms with Crippen LogP contribution in [0.1, 0.15) is 33.6 Å². The van der Waals surface area contributed by atoms with E-state index in [1.807, 2.05) is 6.92 Å². The molecule has 1 aliphatic rings. The molecule has 0 spiro atoms. The monoisotopic (exact) mass is 406 g/mol. The van der Waals surface area contributed by atoms with Crippen molar-refractivity contribution in [2.75, 3.05) is 23.3 Å². The second-order valence-corrected chi connectivity index (χ2v) is 7.84. The van der Waals surface area contributed by atoms with Gasteiger partial charge in [0.1, 0.15) is 17.0 Å². The van der Waals surface area contributed by atoms with Crippen LogP contribution in [0.25, 0.3) is 10.2 Å². The predicted octanol–water partition coefficient (Wildman–Crippen LogP) is 4.87. The van der Waals surface area contributed by atoms with Crippen molar-refractivity contribution in [1.82, 2.24) is 9.97 Å². The van der Waals surface area contributed by atoms with Crippen molar-refractivity contribution in [3.8, 4) is 0 Å². The lowest BCUT2D eigenvalue weighted by atomic mass is 10.1. The second kappa shape index (κ2) is 7.05. The maximum Gasteiger partial charge on any atom is 0.416 e. The van der Waals surface area contributed by atoms with Crippen LogP contribution in [0.15, 0.2) is 30.6 Å². The number of halogens is 3. The predicted molar refractivity (Wildman–Crippen MR) is 103 cm³/mol. The van der Waals surface area contributed by atoms with Gasteiger partial charge in [0.2, 0.25) is 0 Å². The third-order valence-corrected chi connectivity index (χ3v) is 5.76. The Morgan fingerprint density at radius 1 is 1.14 bits per heavy atom. The van der Waals surface area contributed by atoms with Gasteiger partial charge in [-0.3, -0.25) is 4.79 Å². The van der Waals surface area contributed by atoms with Gasteiger partial charge in [0.25, 0.3) is 5.91 Å². The molecule has 9 heteroatoms. The summed E-state index contributed by atoms with van der Waals surface area (Å²) in [7, 11) is 0. The number of carbonyl (C=O) groups excluding carboxylic acids is 1. The number of carbonyl (C=O) groups is 1. The fraction of sp³-hybridized carbons (Fsp3) is 0.316. The molecular formula is C19H17F3N4OS. The van der Waals surface area contributed by atoms with Crippen LogP contribution in [0.4, 0.5) is 24.7 Å². The van der Waals surface area contributed by atoms with Gasteiger partial charge in [-0.05, 0) is 44.0 Å². The van der Waals surface area contributed by atoms with E-state index in [0.717, 1.165) is 53.6 Å². The number of amides is 1. The van der Waals surface area contributed by atoms with Crippen molar-refractivity contribution in [3.05, 3.63) is 46.6 Å². The number of hydrogen-bond donors (Lipinski definition) is 1. The third kappa shape index (κ3) is 3.42. The highest BCUT2D eigenvalue weighted by molar-refractivity contribution is 7.19. The molecule has 0 bridgehead atoms. The molecule has 1 aromatic carbocycles. The van der Waals surface area contributed by atoms with Gasteiger partial charge in [-0.15, -0.1) is 11.3 Å². The Bertz CT molecular complexity index is 1020. The van der Waals surface area contributed by atoms with Crippen LogP contribution in [0.2, 0.25) is 0 Å². The number of alkyl halides is 3. The first-order valence-corrected chi connectivity index (χ1v) is 9.64. The zero-order valence-electron chi connectivity index (χ0n) is 15.0. The average molecular weight is 406 g/mol. The largest absolute Gasteiger partial charge is 0.416 e. The Balaban J connectivity index is 1.68. The molecule has 0 saturated carbocycles. The van der Waals surface area contributed by atoms with E-state index in [2.05, 4.69) is 20.2 Å². The van der Waals surface area contributed by atoms with E-state index in [4.69, 9.17) is 0 Å². The number of nitrogens with one attached hydrogen (secondary N) is 1. The zero-order valence-corrected chi connectivity index (χ0v) is 15.8. The Morgan fingerprint density at radius 2 is 1.82 bits per heavy atom. The SMILES string of the molecule is Cc1sc2ncnc(N3CCCC3)c2c1C(=O)Nc1ccc(C(F)(F)F)cc1. The highest BCUT2D eigenvalue weighted by Crippen LogP contribution is 2.36. The summed E-state index contributed by atoms with van der Waals surface area (Å²) in [6.45, 7) is 3.59. The fourth-order valence-electron chi connectivity index (χ4n) is 3.41. The van der Waals surface area contributed by atoms with Crippen LogP contribution in [-0.4, -0.2) is 29.0 Å². The van der Waals surface area contributed by atoms with Crippen molar-refractivity contribution in [1.29, 1.82) is 0 Å². The van der Waals surface area contributed by atoms with E-state index >= 15 is 0 Å². The Morgan fingerprint density at radius 3 is 2.46 bits per heavy atom. The molecule has 28 heavy (non-hydrogen) atoms. The first-order chi connectivity index (χ1) is 13.3. The molecule has 0 aliphatic carbocycles. The molecule has 4 rings (SSSR count). The molecule has 1 N–H and O–H groups in total. The van der Waals surface area contributed by atoms with Crippen LogP contribution in [-0.2, 0) is 6.18 Å². The van der Waals surface area contributed by atoms with E-state index in [1.54, 1.807) is 0 Å². The van der Waals surface area contributed by atoms with Crippen molar-refractivity contribution < 1.29 is 18.0 Å². The summed E-state index contributed by atoms with van der Waals surface area (Å²) in [5.41, 5.74) is 0.0195. The van der Waals surface area contributed by atoms with Crippen molar-refractivity contribution in [2.24, 2.45) is 0 Å². The number of thiophene rings is 1. The second-order valence-electron chi connectivity index (χ2n) is 6.63. The fourth-order valence-corrected chi connectivity index (χ4v) is 4.39. The summed E-state index contributed by atoms with van der Waals surface area (Å²) in [5.74, 6) is 0.364. The Hall–Kier alpha value is -2.68. The molecule has 1 saturated heterocycles. The maximum atomic E-state index is 13.0. The number of fused-ring (bicyclic) bond motifs is 1. The van der Waals surface area contributed by atoms with E-state index in [1.165, 1.54) is 29.8 Å². The normalized spacial score (nSPS) is 14.6. The molecule has 1 fully saturated rings. The molecular weight excluding hydrogens is 389 g/mol. The minimum atomic E-state index is -4.41. The summed E-state index contributed by atoms with van der Waals surface area (Å²) in [5, 5.41) is 3.40. The van der Waals surface area contributed by atoms with E-state index in [9.17, 15) is 18.0 Å². The summed E-state index contributed by atoms with van der Waals surface area (Å²) in [6.07, 6.45) is -0.766. The van der Waals surface area contributed by atoms with Gasteiger partial charge in [0, 0.05) is 23.7 Å². The number of nitrogens with zero attached hydrogens (tertiary/aromatic N) is 3. The lowest BCUT2D eigenvalue weighted by molar-refractivity contribution is -0.137. The van der Waals surface area contributed by atoms with E-state index in [-0.39, 0.29) is 5.91 Å². The van der Waals surface area contributed by atoms with Gasteiger partial charge in [-0.1, -0.05) is 0 Å². The van der Waals surface area contributed by atoms with Crippen LogP contribution < -0.4 is 10.2 Å². The molecule has 3 heterocycles. The standard InChI is InChI=1S/C19H17F3N4OS/c1-11-14(17(27)25-13-6-4-12(5-7-13)19(20,21)22)15-16(26-8-2-3-9-26)23-10-24-18(15)28-11/h4-7,10H,2-3,8-9H2,1H3,(H,25,27). The quantitative estimate of drug-likeness (QED) is 0.674. The number of aryl methyl sites for hydroxylation is 1. The van der Waals surface area contributed by atoms with Crippen LogP contribution >= 0.6 is 11.3 Å². The molecule has 0 unspecified atom stereocenters. The van der Waals surface area contributed by atoms with Crippen LogP contribution in [0, 0.1) is 6.92 Å². The van der Waals surface area contributed by atoms with Gasteiger partial charge >= 0.3 is 6.18 Å². The summed E-state index contributed by atoms with van der Waals surface area (Å²) in [6, 6.07) is 4.41. The lowest BCUT2D eigenvalue weighted by Crippen LogP contribution is -2.20. The number of rotatable bonds is 3. The minimum absolute atomic E-state index is 0.302. The van der Waals surface area contributed by atoms with E-state index < -0.39 is 11.7 Å². The highest BCUT2D eigenvalue weighted by atomic mass is 32.1. The highest BCUT2D eigenvalue weighted by Gasteiger charge is 2.30. The van der Waals surface area contributed by atoms with Gasteiger partial charge in [0.15, 0.2) is 0 Å². The summed E-state index contributed by atoms with van der Waals surface area (Å²) < 4.78 is 38.2. The summed E-state index contributed by atoms with van der Waals surface area (Å²) >= 11 is 1.41. The number of hydrogen-bond acceptors (Lipinski definition) is 5. The Kier molecular flexibility index (Phi) is 4.70. The smallest absolute Gasteiger partial charge is 0.356 e. The zero-order chi connectivity index (χ0) is 19.9. The molecule has 3 aromatic rings. The van der Waals surface area contributed by atoms with Gasteiger partial charge in [-0.25, -0.2) is 9.97 Å². The molecule has 1 aliphatic heterocycles. The van der Waals surface area contributed by atoms with Crippen molar-refractivity contribution >= 4 is 39.0 Å². The minimum Gasteiger partial charge on any atom is -0.356 e. The molecule has 1 amide bonds. The first kappa shape index (κ1) is 18.7. The van der Waals surface area contributed by atoms with Gasteiger partial charge < -0.3 is 10.2 Å². The average Bonchev–Trinajstić information content (AvgIpc) is 3.28.